The Morgan fingerprint density at radius 2 is 2.30 bits per heavy atom. The summed E-state index contributed by atoms with van der Waals surface area (Å²) >= 11 is 0. The summed E-state index contributed by atoms with van der Waals surface area (Å²) in [5, 5.41) is 0. The zero-order valence-corrected chi connectivity index (χ0v) is 6.34. The molecule has 0 amide bonds. The van der Waals surface area contributed by atoms with Gasteiger partial charge in [-0.15, -0.1) is 0 Å². The van der Waals surface area contributed by atoms with E-state index in [2.05, 4.69) is 6.08 Å². The third kappa shape index (κ3) is 0.988. The van der Waals surface area contributed by atoms with Crippen LogP contribution in [0.3, 0.4) is 0 Å². The van der Waals surface area contributed by atoms with Crippen LogP contribution in [0.4, 0.5) is 0 Å². The number of allylic oxidation sites excluding steroid dienone is 2. The fourth-order valence-electron chi connectivity index (χ4n) is 2.11. The minimum atomic E-state index is 0.796. The van der Waals surface area contributed by atoms with Crippen LogP contribution in [0.15, 0.2) is 11.6 Å². The van der Waals surface area contributed by atoms with Gasteiger partial charge in [0.1, 0.15) is 0 Å². The highest BCUT2D eigenvalue weighted by Gasteiger charge is 2.28. The van der Waals surface area contributed by atoms with E-state index in [1.165, 1.54) is 25.7 Å². The Hall–Kier alpha value is -0.300. The van der Waals surface area contributed by atoms with E-state index in [0.717, 1.165) is 18.4 Å². The fourth-order valence-corrected chi connectivity index (χ4v) is 2.11. The van der Waals surface area contributed by atoms with Gasteiger partial charge >= 0.3 is 0 Å². The number of rotatable bonds is 1. The Morgan fingerprint density at radius 1 is 1.50 bits per heavy atom. The summed E-state index contributed by atoms with van der Waals surface area (Å²) in [6.07, 6.45) is 7.83. The predicted octanol–water partition coefficient (Wildman–Crippen LogP) is 1.69. The molecule has 3 aliphatic carbocycles. The summed E-state index contributed by atoms with van der Waals surface area (Å²) in [7, 11) is 0. The van der Waals surface area contributed by atoms with Gasteiger partial charge in [0.05, 0.1) is 0 Å². The Labute approximate surface area is 62.3 Å². The van der Waals surface area contributed by atoms with Gasteiger partial charge in [-0.25, -0.2) is 0 Å². The lowest BCUT2D eigenvalue weighted by atomic mass is 9.78. The van der Waals surface area contributed by atoms with E-state index < -0.39 is 0 Å². The van der Waals surface area contributed by atoms with E-state index in [-0.39, 0.29) is 0 Å². The van der Waals surface area contributed by atoms with Crippen molar-refractivity contribution in [2.45, 2.75) is 25.7 Å². The number of nitrogens with two attached hydrogens (primary N) is 1. The third-order valence-corrected chi connectivity index (χ3v) is 2.84. The molecule has 1 fully saturated rings. The van der Waals surface area contributed by atoms with Crippen molar-refractivity contribution in [3.05, 3.63) is 11.6 Å². The van der Waals surface area contributed by atoms with Gasteiger partial charge in [0.15, 0.2) is 0 Å². The molecule has 10 heavy (non-hydrogen) atoms. The van der Waals surface area contributed by atoms with Crippen molar-refractivity contribution in [1.82, 2.24) is 0 Å². The number of fused-ring (bicyclic) bond motifs is 3. The summed E-state index contributed by atoms with van der Waals surface area (Å²) in [4.78, 5) is 0. The molecule has 0 aromatic carbocycles. The van der Waals surface area contributed by atoms with Gasteiger partial charge in [0.2, 0.25) is 0 Å². The molecule has 0 spiro atoms. The molecule has 56 valence electrons. The molecule has 2 bridgehead atoms. The molecule has 2 N–H and O–H groups in total. The van der Waals surface area contributed by atoms with Gasteiger partial charge in [-0.1, -0.05) is 11.6 Å². The van der Waals surface area contributed by atoms with Crippen molar-refractivity contribution in [3.63, 3.8) is 0 Å². The average Bonchev–Trinajstić information content (AvgIpc) is 2.14. The lowest BCUT2D eigenvalue weighted by Crippen LogP contribution is -2.19. The molecule has 0 heterocycles. The van der Waals surface area contributed by atoms with Gasteiger partial charge in [0.25, 0.3) is 0 Å². The van der Waals surface area contributed by atoms with E-state index >= 15 is 0 Å². The van der Waals surface area contributed by atoms with Gasteiger partial charge in [-0.2, -0.15) is 0 Å². The molecular formula is C9H15N. The van der Waals surface area contributed by atoms with E-state index in [1.807, 2.05) is 0 Å². The summed E-state index contributed by atoms with van der Waals surface area (Å²) in [5.41, 5.74) is 7.32. The van der Waals surface area contributed by atoms with Crippen LogP contribution in [-0.4, -0.2) is 6.54 Å². The first kappa shape index (κ1) is 6.41. The summed E-state index contributed by atoms with van der Waals surface area (Å²) < 4.78 is 0. The number of hydrogen-bond acceptors (Lipinski definition) is 1. The molecule has 0 unspecified atom stereocenters. The largest absolute Gasteiger partial charge is 0.330 e. The topological polar surface area (TPSA) is 26.0 Å². The highest BCUT2D eigenvalue weighted by Crippen LogP contribution is 2.41. The minimum absolute atomic E-state index is 0.796. The summed E-state index contributed by atoms with van der Waals surface area (Å²) in [5.74, 6) is 1.80. The van der Waals surface area contributed by atoms with Gasteiger partial charge in [-0.3, -0.25) is 0 Å². The lowest BCUT2D eigenvalue weighted by Gasteiger charge is -2.27. The maximum Gasteiger partial charge on any atom is -0.00458 e. The maximum atomic E-state index is 5.62. The second-order valence-corrected chi connectivity index (χ2v) is 3.71. The van der Waals surface area contributed by atoms with Crippen LogP contribution < -0.4 is 5.73 Å². The molecule has 3 rings (SSSR count). The van der Waals surface area contributed by atoms with Crippen LogP contribution in [0, 0.1) is 11.8 Å². The zero-order chi connectivity index (χ0) is 6.97. The molecule has 0 saturated heterocycles. The normalized spacial score (nSPS) is 37.9. The molecule has 1 heteroatoms. The average molecular weight is 137 g/mol. The van der Waals surface area contributed by atoms with Crippen molar-refractivity contribution in [2.75, 3.05) is 6.54 Å². The Bertz CT molecular complexity index is 152. The highest BCUT2D eigenvalue weighted by molar-refractivity contribution is 5.15. The standard InChI is InChI=1S/C9H15N/c10-6-8-2-1-7-3-9(4-7)5-8/h1,8-9H,2-6,10H2/t8-/m0/s1. The Morgan fingerprint density at radius 3 is 3.00 bits per heavy atom. The van der Waals surface area contributed by atoms with Crippen molar-refractivity contribution >= 4 is 0 Å². The van der Waals surface area contributed by atoms with Crippen LogP contribution in [0.5, 0.6) is 0 Å². The minimum Gasteiger partial charge on any atom is -0.330 e. The van der Waals surface area contributed by atoms with Crippen LogP contribution in [0.25, 0.3) is 0 Å². The molecule has 0 aromatic heterocycles. The molecule has 0 aromatic rings. The van der Waals surface area contributed by atoms with E-state index in [0.29, 0.717) is 0 Å². The monoisotopic (exact) mass is 137 g/mol. The van der Waals surface area contributed by atoms with Crippen LogP contribution in [0.1, 0.15) is 25.7 Å². The maximum absolute atomic E-state index is 5.62. The van der Waals surface area contributed by atoms with Crippen molar-refractivity contribution in [3.8, 4) is 0 Å². The fraction of sp³-hybridized carbons (Fsp3) is 0.778. The molecule has 0 aliphatic heterocycles. The van der Waals surface area contributed by atoms with Crippen molar-refractivity contribution in [2.24, 2.45) is 17.6 Å². The smallest absolute Gasteiger partial charge is 0.00458 e. The van der Waals surface area contributed by atoms with Gasteiger partial charge < -0.3 is 5.73 Å². The second kappa shape index (κ2) is 2.39. The predicted molar refractivity (Wildman–Crippen MR) is 42.6 cm³/mol. The molecule has 1 saturated carbocycles. The molecule has 1 atom stereocenters. The van der Waals surface area contributed by atoms with Crippen LogP contribution >= 0.6 is 0 Å². The van der Waals surface area contributed by atoms with Crippen LogP contribution in [0.2, 0.25) is 0 Å². The molecular weight excluding hydrogens is 122 g/mol. The number of hydrogen-bond donors (Lipinski definition) is 1. The zero-order valence-electron chi connectivity index (χ0n) is 6.34. The second-order valence-electron chi connectivity index (χ2n) is 3.71. The lowest BCUT2D eigenvalue weighted by molar-refractivity contribution is 0.339. The van der Waals surface area contributed by atoms with Crippen molar-refractivity contribution in [1.29, 1.82) is 0 Å². The first-order chi connectivity index (χ1) is 4.88. The molecule has 3 aliphatic rings. The first-order valence-electron chi connectivity index (χ1n) is 4.26. The highest BCUT2D eigenvalue weighted by atomic mass is 14.6. The molecule has 1 nitrogen and oxygen atoms in total. The van der Waals surface area contributed by atoms with Crippen molar-refractivity contribution < 1.29 is 0 Å². The quantitative estimate of drug-likeness (QED) is 0.547. The SMILES string of the molecule is NC[C@H]1CC=C2CC(C2)C1. The Kier molecular flexibility index (Phi) is 1.53. The van der Waals surface area contributed by atoms with E-state index in [1.54, 1.807) is 5.57 Å². The third-order valence-electron chi connectivity index (χ3n) is 2.84. The molecule has 0 radical (unpaired) electrons. The Balaban J connectivity index is 2.01. The van der Waals surface area contributed by atoms with Gasteiger partial charge in [-0.05, 0) is 44.1 Å². The van der Waals surface area contributed by atoms with E-state index in [9.17, 15) is 0 Å². The van der Waals surface area contributed by atoms with E-state index in [4.69, 9.17) is 5.73 Å². The summed E-state index contributed by atoms with van der Waals surface area (Å²) in [6, 6.07) is 0. The summed E-state index contributed by atoms with van der Waals surface area (Å²) in [6.45, 7) is 0.889. The van der Waals surface area contributed by atoms with Gasteiger partial charge in [0, 0.05) is 0 Å². The van der Waals surface area contributed by atoms with Crippen LogP contribution in [-0.2, 0) is 0 Å². The first-order valence-corrected chi connectivity index (χ1v) is 4.26.